The van der Waals surface area contributed by atoms with Gasteiger partial charge in [-0.15, -0.1) is 0 Å². The average molecular weight is 270 g/mol. The van der Waals surface area contributed by atoms with E-state index in [9.17, 15) is 5.11 Å². The van der Waals surface area contributed by atoms with Crippen LogP contribution in [-0.4, -0.2) is 16.2 Å². The van der Waals surface area contributed by atoms with Gasteiger partial charge in [0.15, 0.2) is 10.9 Å². The highest BCUT2D eigenvalue weighted by atomic mass is 16.6. The molecule has 1 aromatic carbocycles. The summed E-state index contributed by atoms with van der Waals surface area (Å²) < 4.78 is 8.48. The van der Waals surface area contributed by atoms with Crippen LogP contribution < -0.4 is 20.2 Å². The van der Waals surface area contributed by atoms with E-state index in [0.29, 0.717) is 5.65 Å². The molecule has 102 valence electrons. The largest absolute Gasteiger partial charge is 0.613 e. The number of hydrogen-bond donors (Lipinski definition) is 1. The Hall–Kier alpha value is -2.63. The van der Waals surface area contributed by atoms with Crippen molar-refractivity contribution in [3.63, 3.8) is 0 Å². The fourth-order valence-electron chi connectivity index (χ4n) is 2.35. The molecule has 0 radical (unpaired) electrons. The van der Waals surface area contributed by atoms with E-state index in [1.54, 1.807) is 11.4 Å². The van der Waals surface area contributed by atoms with Crippen LogP contribution in [0.25, 0.3) is 22.6 Å². The number of nitrogens with one attached hydrogen (secondary N) is 1. The van der Waals surface area contributed by atoms with Crippen molar-refractivity contribution >= 4 is 22.6 Å². The van der Waals surface area contributed by atoms with Crippen molar-refractivity contribution in [1.29, 1.82) is 5.41 Å². The maximum Gasteiger partial charge on any atom is 0.334 e. The highest BCUT2D eigenvalue weighted by molar-refractivity contribution is 5.74. The number of rotatable bonds is 2. The van der Waals surface area contributed by atoms with E-state index in [1.165, 1.54) is 6.20 Å². The van der Waals surface area contributed by atoms with Gasteiger partial charge in [-0.1, -0.05) is 28.7 Å². The lowest BCUT2D eigenvalue weighted by molar-refractivity contribution is -0.619. The lowest BCUT2D eigenvalue weighted by Gasteiger charge is -2.11. The number of nitrogens with zero attached hydrogens (tertiary/aromatic N) is 3. The van der Waals surface area contributed by atoms with Crippen molar-refractivity contribution in [2.45, 2.75) is 6.92 Å². The van der Waals surface area contributed by atoms with Crippen LogP contribution in [-0.2, 0) is 11.8 Å². The smallest absolute Gasteiger partial charge is 0.334 e. The number of benzene rings is 1. The molecule has 0 spiro atoms. The monoisotopic (exact) mass is 270 g/mol. The first-order valence-electron chi connectivity index (χ1n) is 6.32. The van der Waals surface area contributed by atoms with E-state index in [-0.39, 0.29) is 17.2 Å². The number of imidazole rings is 1. The van der Waals surface area contributed by atoms with Crippen LogP contribution >= 0.6 is 0 Å². The molecule has 0 unspecified atom stereocenters. The average Bonchev–Trinajstić information content (AvgIpc) is 2.74. The molecular formula is C14H14N4O2. The van der Waals surface area contributed by atoms with Gasteiger partial charge in [0.2, 0.25) is 5.52 Å². The van der Waals surface area contributed by atoms with Crippen molar-refractivity contribution in [2.24, 2.45) is 7.05 Å². The van der Waals surface area contributed by atoms with Crippen LogP contribution in [0.2, 0.25) is 0 Å². The fourth-order valence-corrected chi connectivity index (χ4v) is 2.35. The minimum Gasteiger partial charge on any atom is -0.613 e. The van der Waals surface area contributed by atoms with Gasteiger partial charge in [0.05, 0.1) is 24.4 Å². The Kier molecular flexibility index (Phi) is 2.78. The quantitative estimate of drug-likeness (QED) is 0.605. The molecule has 6 nitrogen and oxygen atoms in total. The zero-order valence-corrected chi connectivity index (χ0v) is 11.3. The molecule has 0 saturated heterocycles. The molecule has 0 aliphatic heterocycles. The van der Waals surface area contributed by atoms with Gasteiger partial charge in [0.1, 0.15) is 0 Å². The summed E-state index contributed by atoms with van der Waals surface area (Å²) in [5.74, 6) is -0.516. The number of aromatic nitrogens is 3. The number of hydrogen-bond acceptors (Lipinski definition) is 4. The fraction of sp³-hybridized carbons (Fsp3) is 0.214. The summed E-state index contributed by atoms with van der Waals surface area (Å²) in [6, 6.07) is 7.73. The van der Waals surface area contributed by atoms with Crippen molar-refractivity contribution in [3.05, 3.63) is 41.0 Å². The number of aryl methyl sites for hydroxylation is 1. The lowest BCUT2D eigenvalue weighted by atomic mass is 10.3. The molecular weight excluding hydrogens is 256 g/mol. The number of fused-ring (bicyclic) bond motifs is 3. The van der Waals surface area contributed by atoms with Gasteiger partial charge in [0, 0.05) is 0 Å². The van der Waals surface area contributed by atoms with Gasteiger partial charge in [-0.3, -0.25) is 5.41 Å². The SMILES string of the molecule is CCO/C([O-])=c1\cnn2c3ccccc3[n+](C)c2c1=N. The molecule has 0 aliphatic carbocycles. The predicted octanol–water partition coefficient (Wildman–Crippen LogP) is -1.03. The summed E-state index contributed by atoms with van der Waals surface area (Å²) in [7, 11) is 1.85. The Labute approximate surface area is 114 Å². The minimum absolute atomic E-state index is 0.122. The van der Waals surface area contributed by atoms with Gasteiger partial charge in [-0.05, 0) is 18.7 Å². The van der Waals surface area contributed by atoms with E-state index in [4.69, 9.17) is 10.1 Å². The zero-order valence-electron chi connectivity index (χ0n) is 11.3. The molecule has 1 N–H and O–H groups in total. The first-order valence-corrected chi connectivity index (χ1v) is 6.32. The summed E-state index contributed by atoms with van der Waals surface area (Å²) in [6.07, 6.45) is 1.39. The van der Waals surface area contributed by atoms with Gasteiger partial charge in [-0.2, -0.15) is 0 Å². The second-order valence-corrected chi connectivity index (χ2v) is 4.44. The molecule has 0 atom stereocenters. The third-order valence-corrected chi connectivity index (χ3v) is 3.28. The van der Waals surface area contributed by atoms with Crippen LogP contribution in [0.4, 0.5) is 0 Å². The Balaban J connectivity index is 2.52. The van der Waals surface area contributed by atoms with Gasteiger partial charge in [-0.25, -0.2) is 4.57 Å². The van der Waals surface area contributed by atoms with Crippen LogP contribution in [0.3, 0.4) is 0 Å². The molecule has 3 rings (SSSR count). The summed E-state index contributed by atoms with van der Waals surface area (Å²) in [5, 5.41) is 24.6. The Morgan fingerprint density at radius 3 is 2.95 bits per heavy atom. The highest BCUT2D eigenvalue weighted by Gasteiger charge is 2.19. The summed E-state index contributed by atoms with van der Waals surface area (Å²) in [6.45, 7) is 2.01. The van der Waals surface area contributed by atoms with E-state index < -0.39 is 5.95 Å². The standard InChI is InChI=1S/C14H14N4O2/c1-3-20-14(19)9-8-16-18-11-7-5-4-6-10(11)17(2)13(18)12(9)15/h4-8H,3H2,1-2H3,(H-,15,16,19). The third kappa shape index (κ3) is 1.61. The first-order chi connectivity index (χ1) is 9.65. The van der Waals surface area contributed by atoms with E-state index in [1.807, 2.05) is 35.9 Å². The van der Waals surface area contributed by atoms with Crippen molar-refractivity contribution in [1.82, 2.24) is 9.61 Å². The second kappa shape index (κ2) is 4.48. The van der Waals surface area contributed by atoms with Gasteiger partial charge >= 0.3 is 5.65 Å². The highest BCUT2D eigenvalue weighted by Crippen LogP contribution is 2.09. The Morgan fingerprint density at radius 1 is 1.45 bits per heavy atom. The molecule has 0 amide bonds. The maximum atomic E-state index is 11.8. The molecule has 0 saturated carbocycles. The summed E-state index contributed by atoms with van der Waals surface area (Å²) in [5.41, 5.74) is 2.42. The topological polar surface area (TPSA) is 77.3 Å². The third-order valence-electron chi connectivity index (χ3n) is 3.28. The minimum atomic E-state index is -0.516. The van der Waals surface area contributed by atoms with E-state index in [0.717, 1.165) is 11.0 Å². The van der Waals surface area contributed by atoms with Gasteiger partial charge < -0.3 is 9.84 Å². The first kappa shape index (κ1) is 12.4. The summed E-state index contributed by atoms with van der Waals surface area (Å²) in [4.78, 5) is 0. The number of para-hydroxylation sites is 2. The van der Waals surface area contributed by atoms with E-state index in [2.05, 4.69) is 5.10 Å². The molecule has 6 heteroatoms. The van der Waals surface area contributed by atoms with Crippen LogP contribution in [0, 0.1) is 5.41 Å². The molecule has 2 aromatic heterocycles. The molecule has 3 aromatic rings. The second-order valence-electron chi connectivity index (χ2n) is 4.44. The molecule has 0 bridgehead atoms. The molecule has 20 heavy (non-hydrogen) atoms. The molecule has 2 heterocycles. The van der Waals surface area contributed by atoms with E-state index >= 15 is 0 Å². The maximum absolute atomic E-state index is 11.8. The van der Waals surface area contributed by atoms with Crippen LogP contribution in [0.5, 0.6) is 0 Å². The molecule has 0 aliphatic rings. The van der Waals surface area contributed by atoms with Gasteiger partial charge in [0.25, 0.3) is 0 Å². The van der Waals surface area contributed by atoms with Crippen molar-refractivity contribution < 1.29 is 14.4 Å². The van der Waals surface area contributed by atoms with Crippen molar-refractivity contribution in [3.8, 4) is 0 Å². The Bertz CT molecular complexity index is 914. The predicted molar refractivity (Wildman–Crippen MR) is 70.0 cm³/mol. The van der Waals surface area contributed by atoms with Crippen LogP contribution in [0.15, 0.2) is 30.5 Å². The lowest BCUT2D eigenvalue weighted by Crippen LogP contribution is -2.41. The number of ether oxygens (including phenoxy) is 1. The van der Waals surface area contributed by atoms with Crippen molar-refractivity contribution in [2.75, 3.05) is 6.61 Å². The Morgan fingerprint density at radius 2 is 2.20 bits per heavy atom. The van der Waals surface area contributed by atoms with Crippen LogP contribution in [0.1, 0.15) is 6.92 Å². The molecule has 0 fully saturated rings. The zero-order chi connectivity index (χ0) is 14.3. The normalized spacial score (nSPS) is 12.9. The summed E-state index contributed by atoms with van der Waals surface area (Å²) >= 11 is 0.